The van der Waals surface area contributed by atoms with Crippen LogP contribution in [0.2, 0.25) is 0 Å². The minimum atomic E-state index is 0.314. The maximum atomic E-state index is 7.39. The molecular formula is C14H29N3. The van der Waals surface area contributed by atoms with Crippen molar-refractivity contribution in [1.82, 2.24) is 4.90 Å². The van der Waals surface area contributed by atoms with E-state index in [2.05, 4.69) is 32.6 Å². The largest absolute Gasteiger partial charge is 0.388 e. The van der Waals surface area contributed by atoms with Crippen molar-refractivity contribution in [3.8, 4) is 0 Å². The smallest absolute Gasteiger partial charge is 0.0920 e. The van der Waals surface area contributed by atoms with Gasteiger partial charge in [0.25, 0.3) is 0 Å². The van der Waals surface area contributed by atoms with Crippen LogP contribution in [0, 0.1) is 16.7 Å². The molecule has 3 nitrogen and oxygen atoms in total. The highest BCUT2D eigenvalue weighted by molar-refractivity contribution is 5.77. The van der Waals surface area contributed by atoms with Crippen LogP contribution in [0.25, 0.3) is 0 Å². The number of rotatable bonds is 3. The normalized spacial score (nSPS) is 25.3. The van der Waals surface area contributed by atoms with E-state index < -0.39 is 0 Å². The van der Waals surface area contributed by atoms with Gasteiger partial charge >= 0.3 is 0 Å². The first-order valence-corrected chi connectivity index (χ1v) is 6.87. The number of nitrogens with two attached hydrogens (primary N) is 1. The summed E-state index contributed by atoms with van der Waals surface area (Å²) in [4.78, 5) is 2.51. The molecule has 2 atom stereocenters. The van der Waals surface area contributed by atoms with Crippen LogP contribution in [-0.4, -0.2) is 29.9 Å². The fraction of sp³-hybridized carbons (Fsp3) is 0.929. The summed E-state index contributed by atoms with van der Waals surface area (Å²) in [6.45, 7) is 11.6. The van der Waals surface area contributed by atoms with Crippen LogP contribution in [0.1, 0.15) is 53.4 Å². The van der Waals surface area contributed by atoms with Crippen LogP contribution in [0.5, 0.6) is 0 Å². The molecule has 0 spiro atoms. The standard InChI is InChI=1S/C14H29N3/c1-11(10-13(15)16)17-8-5-6-12(7-9-17)14(2,3)4/h11-12H,5-10H2,1-4H3,(H3,15,16). The Morgan fingerprint density at radius 1 is 1.35 bits per heavy atom. The molecule has 0 aliphatic carbocycles. The van der Waals surface area contributed by atoms with Crippen molar-refractivity contribution in [2.75, 3.05) is 13.1 Å². The average Bonchev–Trinajstić information content (AvgIpc) is 2.40. The predicted octanol–water partition coefficient (Wildman–Crippen LogP) is 2.85. The van der Waals surface area contributed by atoms with Crippen molar-refractivity contribution in [2.45, 2.75) is 59.4 Å². The predicted molar refractivity (Wildman–Crippen MR) is 74.4 cm³/mol. The molecule has 0 saturated carbocycles. The maximum absolute atomic E-state index is 7.39. The van der Waals surface area contributed by atoms with Gasteiger partial charge in [-0.25, -0.2) is 0 Å². The third-order valence-corrected chi connectivity index (χ3v) is 4.13. The molecule has 1 saturated heterocycles. The van der Waals surface area contributed by atoms with Crippen LogP contribution in [0.4, 0.5) is 0 Å². The Bertz CT molecular complexity index is 255. The van der Waals surface area contributed by atoms with Crippen LogP contribution >= 0.6 is 0 Å². The summed E-state index contributed by atoms with van der Waals surface area (Å²) < 4.78 is 0. The highest BCUT2D eigenvalue weighted by Gasteiger charge is 2.28. The second-order valence-corrected chi connectivity index (χ2v) is 6.61. The number of likely N-dealkylation sites (tertiary alicyclic amines) is 1. The quantitative estimate of drug-likeness (QED) is 0.588. The third-order valence-electron chi connectivity index (χ3n) is 4.13. The number of nitrogens with zero attached hydrogens (tertiary/aromatic N) is 1. The van der Waals surface area contributed by atoms with Crippen LogP contribution in [0.15, 0.2) is 0 Å². The summed E-state index contributed by atoms with van der Waals surface area (Å²) in [5, 5.41) is 7.39. The fourth-order valence-corrected chi connectivity index (χ4v) is 2.87. The van der Waals surface area contributed by atoms with Crippen molar-refractivity contribution in [2.24, 2.45) is 17.1 Å². The van der Waals surface area contributed by atoms with Crippen molar-refractivity contribution in [3.05, 3.63) is 0 Å². The van der Waals surface area contributed by atoms with Gasteiger partial charge in [-0.1, -0.05) is 20.8 Å². The van der Waals surface area contributed by atoms with E-state index in [1.54, 1.807) is 0 Å². The molecule has 3 heteroatoms. The monoisotopic (exact) mass is 239 g/mol. The molecule has 1 aliphatic rings. The molecule has 0 radical (unpaired) electrons. The first-order valence-electron chi connectivity index (χ1n) is 6.87. The second-order valence-electron chi connectivity index (χ2n) is 6.61. The lowest BCUT2D eigenvalue weighted by Gasteiger charge is -2.31. The van der Waals surface area contributed by atoms with Crippen LogP contribution < -0.4 is 5.73 Å². The second kappa shape index (κ2) is 5.85. The molecule has 1 heterocycles. The van der Waals surface area contributed by atoms with E-state index in [-0.39, 0.29) is 0 Å². The van der Waals surface area contributed by atoms with Crippen molar-refractivity contribution >= 4 is 5.84 Å². The van der Waals surface area contributed by atoms with E-state index in [0.29, 0.717) is 23.7 Å². The maximum Gasteiger partial charge on any atom is 0.0920 e. The Kier molecular flexibility index (Phi) is 4.99. The van der Waals surface area contributed by atoms with Crippen molar-refractivity contribution in [1.29, 1.82) is 5.41 Å². The number of hydrogen-bond donors (Lipinski definition) is 2. The Morgan fingerprint density at radius 2 is 2.00 bits per heavy atom. The molecule has 0 aromatic heterocycles. The Hall–Kier alpha value is -0.570. The van der Waals surface area contributed by atoms with Gasteiger partial charge in [0, 0.05) is 12.5 Å². The molecule has 100 valence electrons. The Balaban J connectivity index is 2.50. The number of hydrogen-bond acceptors (Lipinski definition) is 2. The molecule has 0 bridgehead atoms. The summed E-state index contributed by atoms with van der Waals surface area (Å²) in [6.07, 6.45) is 4.61. The number of nitrogens with one attached hydrogen (secondary N) is 1. The molecule has 0 aromatic carbocycles. The van der Waals surface area contributed by atoms with Gasteiger partial charge in [0.1, 0.15) is 0 Å². The average molecular weight is 239 g/mol. The van der Waals surface area contributed by atoms with E-state index in [1.165, 1.54) is 25.8 Å². The minimum absolute atomic E-state index is 0.314. The molecule has 1 rings (SSSR count). The highest BCUT2D eigenvalue weighted by Crippen LogP contribution is 2.34. The first kappa shape index (κ1) is 14.5. The van der Waals surface area contributed by atoms with Gasteiger partial charge in [-0.05, 0) is 50.6 Å². The van der Waals surface area contributed by atoms with Gasteiger partial charge in [0.15, 0.2) is 0 Å². The lowest BCUT2D eigenvalue weighted by molar-refractivity contribution is 0.191. The van der Waals surface area contributed by atoms with E-state index in [0.717, 1.165) is 12.5 Å². The SMILES string of the molecule is CC(CC(=N)N)N1CCCC(C(C)(C)C)CC1. The van der Waals surface area contributed by atoms with Gasteiger partial charge in [-0.2, -0.15) is 0 Å². The summed E-state index contributed by atoms with van der Waals surface area (Å²) >= 11 is 0. The van der Waals surface area contributed by atoms with Crippen LogP contribution in [-0.2, 0) is 0 Å². The van der Waals surface area contributed by atoms with Crippen molar-refractivity contribution < 1.29 is 0 Å². The summed E-state index contributed by atoms with van der Waals surface area (Å²) in [7, 11) is 0. The molecule has 17 heavy (non-hydrogen) atoms. The van der Waals surface area contributed by atoms with E-state index in [1.807, 2.05) is 0 Å². The highest BCUT2D eigenvalue weighted by atomic mass is 15.1. The topological polar surface area (TPSA) is 53.1 Å². The van der Waals surface area contributed by atoms with Gasteiger partial charge < -0.3 is 10.6 Å². The molecule has 0 aromatic rings. The van der Waals surface area contributed by atoms with E-state index >= 15 is 0 Å². The lowest BCUT2D eigenvalue weighted by atomic mass is 9.77. The zero-order chi connectivity index (χ0) is 13.1. The first-order chi connectivity index (χ1) is 7.80. The summed E-state index contributed by atoms with van der Waals surface area (Å²) in [6, 6.07) is 0.422. The Morgan fingerprint density at radius 3 is 2.53 bits per heavy atom. The zero-order valence-corrected chi connectivity index (χ0v) is 11.9. The summed E-state index contributed by atoms with van der Waals surface area (Å²) in [5.74, 6) is 1.14. The van der Waals surface area contributed by atoms with Gasteiger partial charge in [-0.3, -0.25) is 5.41 Å². The molecule has 1 fully saturated rings. The molecule has 3 N–H and O–H groups in total. The zero-order valence-electron chi connectivity index (χ0n) is 11.9. The minimum Gasteiger partial charge on any atom is -0.388 e. The molecule has 1 aliphatic heterocycles. The third kappa shape index (κ3) is 4.66. The van der Waals surface area contributed by atoms with Crippen LogP contribution in [0.3, 0.4) is 0 Å². The number of amidine groups is 1. The van der Waals surface area contributed by atoms with Gasteiger partial charge in [0.2, 0.25) is 0 Å². The van der Waals surface area contributed by atoms with Gasteiger partial charge in [-0.15, -0.1) is 0 Å². The fourth-order valence-electron chi connectivity index (χ4n) is 2.87. The molecule has 2 unspecified atom stereocenters. The Labute approximate surface area is 106 Å². The molecular weight excluding hydrogens is 210 g/mol. The van der Waals surface area contributed by atoms with Crippen molar-refractivity contribution in [3.63, 3.8) is 0 Å². The summed E-state index contributed by atoms with van der Waals surface area (Å²) in [5.41, 5.74) is 5.92. The van der Waals surface area contributed by atoms with E-state index in [9.17, 15) is 0 Å². The lowest BCUT2D eigenvalue weighted by Crippen LogP contribution is -2.37. The van der Waals surface area contributed by atoms with E-state index in [4.69, 9.17) is 11.1 Å². The molecule has 0 amide bonds. The van der Waals surface area contributed by atoms with Gasteiger partial charge in [0.05, 0.1) is 5.84 Å².